The average Bonchev–Trinajstić information content (AvgIpc) is 2.81. The van der Waals surface area contributed by atoms with E-state index >= 15 is 0 Å². The van der Waals surface area contributed by atoms with Gasteiger partial charge in [-0.1, -0.05) is 79.7 Å². The second kappa shape index (κ2) is 10.7. The lowest BCUT2D eigenvalue weighted by atomic mass is 9.90. The molecular formula is C28H30O3. The van der Waals surface area contributed by atoms with Crippen LogP contribution in [0.3, 0.4) is 0 Å². The summed E-state index contributed by atoms with van der Waals surface area (Å²) in [5.41, 5.74) is 9.19. The third-order valence-electron chi connectivity index (χ3n) is 5.49. The summed E-state index contributed by atoms with van der Waals surface area (Å²) < 4.78 is 5.37. The number of rotatable bonds is 9. The number of esters is 1. The number of hydrogen-bond donors (Lipinski definition) is 1. The lowest BCUT2D eigenvalue weighted by Gasteiger charge is -2.16. The maximum absolute atomic E-state index is 11.7. The molecule has 3 nitrogen and oxygen atoms in total. The summed E-state index contributed by atoms with van der Waals surface area (Å²) in [7, 11) is 0. The van der Waals surface area contributed by atoms with Gasteiger partial charge in [0.1, 0.15) is 6.61 Å². The maximum Gasteiger partial charge on any atom is 0.330 e. The number of ether oxygens (including phenoxy) is 1. The molecule has 0 amide bonds. The predicted octanol–water partition coefficient (Wildman–Crippen LogP) is 6.05. The van der Waals surface area contributed by atoms with Crippen LogP contribution in [-0.2, 0) is 29.0 Å². The minimum absolute atomic E-state index is 0.156. The molecule has 0 aliphatic heterocycles. The number of benzene rings is 3. The smallest absolute Gasteiger partial charge is 0.330 e. The molecule has 3 rings (SSSR count). The number of hydrogen-bond acceptors (Lipinski definition) is 3. The first-order chi connectivity index (χ1) is 15.0. The fourth-order valence-electron chi connectivity index (χ4n) is 3.75. The van der Waals surface area contributed by atoms with E-state index in [0.717, 1.165) is 35.1 Å². The van der Waals surface area contributed by atoms with Crippen molar-refractivity contribution in [1.29, 1.82) is 0 Å². The van der Waals surface area contributed by atoms with Gasteiger partial charge in [0, 0.05) is 12.7 Å². The molecule has 1 N–H and O–H groups in total. The van der Waals surface area contributed by atoms with Crippen LogP contribution in [0.1, 0.15) is 35.6 Å². The highest BCUT2D eigenvalue weighted by Gasteiger charge is 2.13. The molecule has 0 fully saturated rings. The van der Waals surface area contributed by atoms with Crippen LogP contribution in [0, 0.1) is 6.92 Å². The van der Waals surface area contributed by atoms with Crippen LogP contribution in [0.5, 0.6) is 0 Å². The summed E-state index contributed by atoms with van der Waals surface area (Å²) in [6, 6.07) is 21.4. The zero-order valence-corrected chi connectivity index (χ0v) is 18.4. The molecule has 0 heterocycles. The van der Waals surface area contributed by atoms with Gasteiger partial charge in [0.25, 0.3) is 0 Å². The highest BCUT2D eigenvalue weighted by Crippen LogP contribution is 2.33. The molecule has 3 heteroatoms. The molecule has 3 aromatic carbocycles. The van der Waals surface area contributed by atoms with Gasteiger partial charge in [0.05, 0.1) is 0 Å². The number of carbonyl (C=O) groups is 1. The maximum atomic E-state index is 11.7. The topological polar surface area (TPSA) is 46.5 Å². The van der Waals surface area contributed by atoms with Gasteiger partial charge in [0.2, 0.25) is 0 Å². The van der Waals surface area contributed by atoms with Crippen LogP contribution in [0.25, 0.3) is 22.3 Å². The van der Waals surface area contributed by atoms with Crippen molar-refractivity contribution in [2.75, 3.05) is 6.61 Å². The number of aryl methyl sites for hydroxylation is 3. The molecule has 160 valence electrons. The van der Waals surface area contributed by atoms with Crippen molar-refractivity contribution in [3.8, 4) is 22.3 Å². The third-order valence-corrected chi connectivity index (χ3v) is 5.49. The van der Waals surface area contributed by atoms with Crippen LogP contribution in [-0.4, -0.2) is 17.7 Å². The van der Waals surface area contributed by atoms with E-state index in [-0.39, 0.29) is 13.2 Å². The molecular weight excluding hydrogens is 384 g/mol. The first-order valence-electron chi connectivity index (χ1n) is 10.8. The fraction of sp³-hybridized carbons (Fsp3) is 0.250. The van der Waals surface area contributed by atoms with Gasteiger partial charge in [-0.2, -0.15) is 0 Å². The van der Waals surface area contributed by atoms with Gasteiger partial charge in [-0.3, -0.25) is 0 Å². The molecule has 0 saturated carbocycles. The van der Waals surface area contributed by atoms with Crippen molar-refractivity contribution in [2.45, 2.75) is 39.7 Å². The van der Waals surface area contributed by atoms with E-state index in [4.69, 9.17) is 9.84 Å². The lowest BCUT2D eigenvalue weighted by molar-refractivity contribution is -0.138. The van der Waals surface area contributed by atoms with Crippen LogP contribution < -0.4 is 0 Å². The summed E-state index contributed by atoms with van der Waals surface area (Å²) in [5.74, 6) is -0.433. The molecule has 31 heavy (non-hydrogen) atoms. The van der Waals surface area contributed by atoms with E-state index < -0.39 is 5.97 Å². The Labute approximate surface area is 185 Å². The molecule has 0 aliphatic rings. The van der Waals surface area contributed by atoms with Crippen molar-refractivity contribution in [1.82, 2.24) is 0 Å². The van der Waals surface area contributed by atoms with Gasteiger partial charge < -0.3 is 9.84 Å². The first kappa shape index (κ1) is 22.5. The van der Waals surface area contributed by atoms with E-state index in [1.165, 1.54) is 28.3 Å². The second-order valence-corrected chi connectivity index (χ2v) is 7.72. The molecule has 0 atom stereocenters. The Balaban J connectivity index is 2.01. The van der Waals surface area contributed by atoms with Crippen LogP contribution >= 0.6 is 0 Å². The molecule has 3 aromatic rings. The van der Waals surface area contributed by atoms with E-state index in [9.17, 15) is 4.79 Å². The lowest BCUT2D eigenvalue weighted by Crippen LogP contribution is -2.03. The Morgan fingerprint density at radius 1 is 0.968 bits per heavy atom. The summed E-state index contributed by atoms with van der Waals surface area (Å²) in [6.07, 6.45) is 3.57. The Hall–Kier alpha value is -3.17. The normalized spacial score (nSPS) is 10.7. The predicted molar refractivity (Wildman–Crippen MR) is 127 cm³/mol. The quantitative estimate of drug-likeness (QED) is 0.343. The van der Waals surface area contributed by atoms with Crippen molar-refractivity contribution in [2.24, 2.45) is 0 Å². The Bertz CT molecular complexity index is 1050. The summed E-state index contributed by atoms with van der Waals surface area (Å²) in [4.78, 5) is 11.7. The molecule has 0 aromatic heterocycles. The highest BCUT2D eigenvalue weighted by atomic mass is 16.5. The fourth-order valence-corrected chi connectivity index (χ4v) is 3.75. The van der Waals surface area contributed by atoms with Gasteiger partial charge in [0.15, 0.2) is 0 Å². The zero-order chi connectivity index (χ0) is 22.2. The highest BCUT2D eigenvalue weighted by molar-refractivity contribution is 5.81. The van der Waals surface area contributed by atoms with Gasteiger partial charge in [-0.05, 0) is 65.1 Å². The molecule has 0 aliphatic carbocycles. The van der Waals surface area contributed by atoms with Crippen molar-refractivity contribution >= 4 is 5.97 Å². The van der Waals surface area contributed by atoms with E-state index in [1.54, 1.807) is 0 Å². The van der Waals surface area contributed by atoms with E-state index in [0.29, 0.717) is 6.42 Å². The van der Waals surface area contributed by atoms with Crippen LogP contribution in [0.15, 0.2) is 73.3 Å². The van der Waals surface area contributed by atoms with Gasteiger partial charge in [-0.15, -0.1) is 0 Å². The molecule has 0 spiro atoms. The standard InChI is InChI=1S/C28H30O3/c1-4-22-18-24(23-11-8-20(3)9-12-23)13-15-26(22)27-14-10-21(7-6-16-29)17-25(27)19-31-28(30)5-2/h5,8-15,17-18,29H,2,4,6-7,16,19H2,1,3H3. The molecule has 0 unspecified atom stereocenters. The average molecular weight is 415 g/mol. The van der Waals surface area contributed by atoms with Crippen LogP contribution in [0.4, 0.5) is 0 Å². The van der Waals surface area contributed by atoms with E-state index in [1.807, 2.05) is 0 Å². The zero-order valence-electron chi connectivity index (χ0n) is 18.4. The largest absolute Gasteiger partial charge is 0.458 e. The summed E-state index contributed by atoms with van der Waals surface area (Å²) in [5, 5.41) is 9.16. The number of aliphatic hydroxyl groups is 1. The first-order valence-corrected chi connectivity index (χ1v) is 10.8. The third kappa shape index (κ3) is 5.71. The monoisotopic (exact) mass is 414 g/mol. The van der Waals surface area contributed by atoms with Gasteiger partial charge in [-0.25, -0.2) is 4.79 Å². The van der Waals surface area contributed by atoms with E-state index in [2.05, 4.69) is 81.1 Å². The Kier molecular flexibility index (Phi) is 7.80. The van der Waals surface area contributed by atoms with Crippen molar-refractivity contribution < 1.29 is 14.6 Å². The summed E-state index contributed by atoms with van der Waals surface area (Å²) in [6.45, 7) is 8.08. The van der Waals surface area contributed by atoms with Crippen molar-refractivity contribution in [3.63, 3.8) is 0 Å². The van der Waals surface area contributed by atoms with Crippen LogP contribution in [0.2, 0.25) is 0 Å². The minimum atomic E-state index is -0.433. The molecule has 0 radical (unpaired) electrons. The number of aliphatic hydroxyl groups excluding tert-OH is 1. The van der Waals surface area contributed by atoms with Crippen molar-refractivity contribution in [3.05, 3.63) is 95.6 Å². The summed E-state index contributed by atoms with van der Waals surface area (Å²) >= 11 is 0. The minimum Gasteiger partial charge on any atom is -0.458 e. The number of carbonyl (C=O) groups excluding carboxylic acids is 1. The second-order valence-electron chi connectivity index (χ2n) is 7.72. The SMILES string of the molecule is C=CC(=O)OCc1cc(CCCO)ccc1-c1ccc(-c2ccc(C)cc2)cc1CC. The Morgan fingerprint density at radius 3 is 2.32 bits per heavy atom. The van der Waals surface area contributed by atoms with Gasteiger partial charge >= 0.3 is 5.97 Å². The molecule has 0 saturated heterocycles. The molecule has 0 bridgehead atoms. The Morgan fingerprint density at radius 2 is 1.65 bits per heavy atom.